The number of esters is 1. The monoisotopic (exact) mass is 420 g/mol. The molecule has 0 spiro atoms. The molecule has 0 unspecified atom stereocenters. The molecule has 0 fully saturated rings. The fourth-order valence-corrected chi connectivity index (χ4v) is 4.84. The van der Waals surface area contributed by atoms with E-state index in [9.17, 15) is 18.0 Å². The Hall–Kier alpha value is -3.78. The second-order valence-electron chi connectivity index (χ2n) is 6.36. The Bertz CT molecular complexity index is 1360. The van der Waals surface area contributed by atoms with Gasteiger partial charge in [0, 0.05) is 11.6 Å². The minimum Gasteiger partial charge on any atom is -0.465 e. The molecule has 2 aromatic carbocycles. The van der Waals surface area contributed by atoms with Gasteiger partial charge in [-0.3, -0.25) is 9.78 Å². The lowest BCUT2D eigenvalue weighted by Gasteiger charge is -2.12. The van der Waals surface area contributed by atoms with Crippen LogP contribution < -0.4 is 0 Å². The Morgan fingerprint density at radius 3 is 2.23 bits per heavy atom. The van der Waals surface area contributed by atoms with Gasteiger partial charge in [-0.25, -0.2) is 17.2 Å². The number of pyridine rings is 1. The highest BCUT2D eigenvalue weighted by Crippen LogP contribution is 2.32. The first-order valence-corrected chi connectivity index (χ1v) is 10.4. The molecule has 0 aliphatic carbocycles. The van der Waals surface area contributed by atoms with Gasteiger partial charge in [-0.1, -0.05) is 42.5 Å². The fraction of sp³-hybridized carbons (Fsp3) is 0.0455. The van der Waals surface area contributed by atoms with Crippen molar-refractivity contribution < 1.29 is 22.7 Å². The van der Waals surface area contributed by atoms with Gasteiger partial charge in [-0.05, 0) is 30.3 Å². The number of carbonyl (C=O) groups excluding carboxylic acids is 2. The van der Waals surface area contributed by atoms with E-state index in [1.165, 1.54) is 37.6 Å². The molecule has 4 rings (SSSR count). The minimum atomic E-state index is -4.21. The molecule has 2 aromatic heterocycles. The summed E-state index contributed by atoms with van der Waals surface area (Å²) in [5.41, 5.74) is -0.232. The average molecular weight is 420 g/mol. The summed E-state index contributed by atoms with van der Waals surface area (Å²) in [5.74, 6) is -1.51. The summed E-state index contributed by atoms with van der Waals surface area (Å²) in [6.45, 7) is 0. The third-order valence-corrected chi connectivity index (χ3v) is 6.34. The number of ether oxygens (including phenoxy) is 1. The number of fused-ring (bicyclic) bond motifs is 1. The highest BCUT2D eigenvalue weighted by molar-refractivity contribution is 7.90. The van der Waals surface area contributed by atoms with E-state index in [-0.39, 0.29) is 27.4 Å². The molecular weight excluding hydrogens is 404 g/mol. The molecule has 0 aliphatic rings. The summed E-state index contributed by atoms with van der Waals surface area (Å²) >= 11 is 0. The summed E-state index contributed by atoms with van der Waals surface area (Å²) in [5, 5.41) is 0.295. The number of benzene rings is 2. The smallest absolute Gasteiger partial charge is 0.340 e. The molecule has 8 heteroatoms. The van der Waals surface area contributed by atoms with Crippen molar-refractivity contribution in [2.75, 3.05) is 7.11 Å². The lowest BCUT2D eigenvalue weighted by Crippen LogP contribution is -2.21. The van der Waals surface area contributed by atoms with Crippen molar-refractivity contribution in [1.82, 2.24) is 8.96 Å². The van der Waals surface area contributed by atoms with E-state index in [1.807, 2.05) is 0 Å². The van der Waals surface area contributed by atoms with E-state index in [0.29, 0.717) is 5.39 Å². The summed E-state index contributed by atoms with van der Waals surface area (Å²) in [7, 11) is -3.03. The molecule has 7 nitrogen and oxygen atoms in total. The second kappa shape index (κ2) is 7.57. The van der Waals surface area contributed by atoms with Crippen LogP contribution >= 0.6 is 0 Å². The summed E-state index contributed by atoms with van der Waals surface area (Å²) < 4.78 is 32.9. The lowest BCUT2D eigenvalue weighted by molar-refractivity contribution is 0.0599. The number of hydrogen-bond donors (Lipinski definition) is 0. The van der Waals surface area contributed by atoms with Gasteiger partial charge in [0.25, 0.3) is 10.0 Å². The highest BCUT2D eigenvalue weighted by atomic mass is 32.2. The SMILES string of the molecule is COC(=O)c1c(C(=O)c2ccccn2)n(S(=O)(=O)c2ccccc2)c2ccccc12. The predicted molar refractivity (Wildman–Crippen MR) is 110 cm³/mol. The fourth-order valence-electron chi connectivity index (χ4n) is 3.29. The van der Waals surface area contributed by atoms with Crippen LogP contribution in [0.5, 0.6) is 0 Å². The first-order chi connectivity index (χ1) is 14.5. The quantitative estimate of drug-likeness (QED) is 0.363. The molecule has 2 heterocycles. The van der Waals surface area contributed by atoms with Crippen LogP contribution in [-0.4, -0.2) is 36.2 Å². The van der Waals surface area contributed by atoms with E-state index in [0.717, 1.165) is 3.97 Å². The molecule has 0 amide bonds. The first-order valence-electron chi connectivity index (χ1n) is 8.95. The molecule has 0 bridgehead atoms. The number of methoxy groups -OCH3 is 1. The minimum absolute atomic E-state index is 0.00923. The molecule has 0 radical (unpaired) electrons. The molecular formula is C22H16N2O5S. The van der Waals surface area contributed by atoms with Gasteiger partial charge in [-0.2, -0.15) is 0 Å². The van der Waals surface area contributed by atoms with Crippen molar-refractivity contribution in [3.8, 4) is 0 Å². The number of carbonyl (C=O) groups is 2. The normalized spacial score (nSPS) is 11.4. The van der Waals surface area contributed by atoms with E-state index in [1.54, 1.807) is 48.5 Å². The molecule has 4 aromatic rings. The standard InChI is InChI=1S/C22H16N2O5S/c1-29-22(26)19-16-11-5-6-13-18(16)24(30(27,28)15-9-3-2-4-10-15)20(19)21(25)17-12-7-8-14-23-17/h2-14H,1H3. The highest BCUT2D eigenvalue weighted by Gasteiger charge is 2.34. The number of rotatable bonds is 5. The topological polar surface area (TPSA) is 95.3 Å². The molecule has 0 atom stereocenters. The van der Waals surface area contributed by atoms with Gasteiger partial charge >= 0.3 is 5.97 Å². The van der Waals surface area contributed by atoms with E-state index in [2.05, 4.69) is 4.98 Å². The first kappa shape index (κ1) is 19.5. The van der Waals surface area contributed by atoms with Crippen molar-refractivity contribution in [2.24, 2.45) is 0 Å². The number of hydrogen-bond acceptors (Lipinski definition) is 6. The maximum atomic E-state index is 13.6. The Kier molecular flexibility index (Phi) is 4.93. The third kappa shape index (κ3) is 3.07. The van der Waals surface area contributed by atoms with E-state index < -0.39 is 21.8 Å². The van der Waals surface area contributed by atoms with Gasteiger partial charge in [0.05, 0.1) is 23.1 Å². The van der Waals surface area contributed by atoms with Gasteiger partial charge in [0.15, 0.2) is 0 Å². The maximum absolute atomic E-state index is 13.6. The molecule has 0 N–H and O–H groups in total. The number of nitrogens with zero attached hydrogens (tertiary/aromatic N) is 2. The summed E-state index contributed by atoms with van der Waals surface area (Å²) in [6, 6.07) is 18.8. The van der Waals surface area contributed by atoms with Crippen LogP contribution in [0.2, 0.25) is 0 Å². The van der Waals surface area contributed by atoms with Gasteiger partial charge in [-0.15, -0.1) is 0 Å². The molecule has 0 saturated carbocycles. The van der Waals surface area contributed by atoms with Crippen molar-refractivity contribution >= 4 is 32.7 Å². The molecule has 30 heavy (non-hydrogen) atoms. The van der Waals surface area contributed by atoms with Crippen LogP contribution in [0.1, 0.15) is 26.5 Å². The zero-order valence-electron chi connectivity index (χ0n) is 15.8. The Morgan fingerprint density at radius 1 is 0.900 bits per heavy atom. The lowest BCUT2D eigenvalue weighted by atomic mass is 10.1. The van der Waals surface area contributed by atoms with Crippen molar-refractivity contribution in [1.29, 1.82) is 0 Å². The predicted octanol–water partition coefficient (Wildman–Crippen LogP) is 3.29. The Morgan fingerprint density at radius 2 is 1.57 bits per heavy atom. The van der Waals surface area contributed by atoms with Crippen LogP contribution in [-0.2, 0) is 14.8 Å². The average Bonchev–Trinajstić information content (AvgIpc) is 3.15. The number of aromatic nitrogens is 2. The third-order valence-electron chi connectivity index (χ3n) is 4.62. The second-order valence-corrected chi connectivity index (χ2v) is 8.15. The van der Waals surface area contributed by atoms with E-state index >= 15 is 0 Å². The van der Waals surface area contributed by atoms with Crippen LogP contribution in [0.3, 0.4) is 0 Å². The summed E-state index contributed by atoms with van der Waals surface area (Å²) in [4.78, 5) is 30.1. The van der Waals surface area contributed by atoms with Crippen LogP contribution in [0, 0.1) is 0 Å². The Labute approximate surface area is 172 Å². The molecule has 0 aliphatic heterocycles. The van der Waals surface area contributed by atoms with Crippen molar-refractivity contribution in [3.63, 3.8) is 0 Å². The largest absolute Gasteiger partial charge is 0.465 e. The van der Waals surface area contributed by atoms with Crippen LogP contribution in [0.25, 0.3) is 10.9 Å². The molecule has 0 saturated heterocycles. The van der Waals surface area contributed by atoms with E-state index in [4.69, 9.17) is 4.74 Å². The molecule has 150 valence electrons. The van der Waals surface area contributed by atoms with Crippen molar-refractivity contribution in [3.05, 3.63) is 95.9 Å². The van der Waals surface area contributed by atoms with Gasteiger partial charge in [0.2, 0.25) is 5.78 Å². The van der Waals surface area contributed by atoms with Crippen molar-refractivity contribution in [2.45, 2.75) is 4.90 Å². The Balaban J connectivity index is 2.15. The van der Waals surface area contributed by atoms with Gasteiger partial charge < -0.3 is 4.74 Å². The maximum Gasteiger partial charge on any atom is 0.340 e. The van der Waals surface area contributed by atoms with Crippen LogP contribution in [0.15, 0.2) is 83.9 Å². The number of para-hydroxylation sites is 1. The van der Waals surface area contributed by atoms with Gasteiger partial charge in [0.1, 0.15) is 11.4 Å². The van der Waals surface area contributed by atoms with Crippen LogP contribution in [0.4, 0.5) is 0 Å². The zero-order chi connectivity index (χ0) is 21.3. The number of ketones is 1. The summed E-state index contributed by atoms with van der Waals surface area (Å²) in [6.07, 6.45) is 1.42. The zero-order valence-corrected chi connectivity index (χ0v) is 16.7.